The maximum Gasteiger partial charge on any atom is 0.130 e. The summed E-state index contributed by atoms with van der Waals surface area (Å²) in [6, 6.07) is 4.02. The zero-order chi connectivity index (χ0) is 12.7. The fraction of sp³-hybridized carbons (Fsp3) is 0.615. The minimum atomic E-state index is -0.302. The predicted octanol–water partition coefficient (Wildman–Crippen LogP) is 1.72. The molecule has 0 saturated heterocycles. The molecule has 0 radical (unpaired) electrons. The Morgan fingerprint density at radius 2 is 2.29 bits per heavy atom. The third-order valence-corrected chi connectivity index (χ3v) is 2.45. The van der Waals surface area contributed by atoms with Crippen molar-refractivity contribution in [3.8, 4) is 0 Å². The number of aromatic nitrogens is 1. The number of aliphatic hydroxyl groups is 1. The average molecular weight is 237 g/mol. The molecule has 0 bridgehead atoms. The lowest BCUT2D eigenvalue weighted by Gasteiger charge is -2.20. The second kappa shape index (κ2) is 7.25. The Labute approximate surface area is 104 Å². The Morgan fingerprint density at radius 1 is 1.53 bits per heavy atom. The van der Waals surface area contributed by atoms with Crippen LogP contribution in [0.15, 0.2) is 18.3 Å². The van der Waals surface area contributed by atoms with Crippen molar-refractivity contribution in [2.75, 3.05) is 25.5 Å². The molecule has 17 heavy (non-hydrogen) atoms. The summed E-state index contributed by atoms with van der Waals surface area (Å²) in [5.41, 5.74) is 1.17. The van der Waals surface area contributed by atoms with E-state index in [1.165, 1.54) is 5.56 Å². The number of hydrogen-bond donors (Lipinski definition) is 2. The monoisotopic (exact) mass is 237 g/mol. The average Bonchev–Trinajstić information content (AvgIpc) is 2.26. The molecule has 1 aromatic heterocycles. The number of nitrogens with one attached hydrogen (secondary N) is 1. The normalized spacial score (nSPS) is 12.8. The van der Waals surface area contributed by atoms with E-state index in [1.807, 2.05) is 13.1 Å². The van der Waals surface area contributed by atoms with Crippen LogP contribution in [0, 0.1) is 0 Å². The molecule has 1 rings (SSSR count). The van der Waals surface area contributed by atoms with Crippen LogP contribution in [0.1, 0.15) is 25.8 Å². The fourth-order valence-corrected chi connectivity index (χ4v) is 1.78. The maximum atomic E-state index is 9.34. The third kappa shape index (κ3) is 5.15. The smallest absolute Gasteiger partial charge is 0.130 e. The van der Waals surface area contributed by atoms with Crippen molar-refractivity contribution < 1.29 is 5.11 Å². The van der Waals surface area contributed by atoms with Crippen LogP contribution in [0.4, 0.5) is 5.82 Å². The number of hydrogen-bond acceptors (Lipinski definition) is 4. The molecule has 1 unspecified atom stereocenters. The number of rotatable bonds is 7. The lowest BCUT2D eigenvalue weighted by molar-refractivity contribution is 0.138. The topological polar surface area (TPSA) is 48.4 Å². The van der Waals surface area contributed by atoms with Crippen LogP contribution in [-0.4, -0.2) is 41.2 Å². The van der Waals surface area contributed by atoms with Gasteiger partial charge in [0.15, 0.2) is 0 Å². The highest BCUT2D eigenvalue weighted by Crippen LogP contribution is 2.13. The van der Waals surface area contributed by atoms with E-state index in [-0.39, 0.29) is 6.10 Å². The summed E-state index contributed by atoms with van der Waals surface area (Å²) < 4.78 is 0. The van der Waals surface area contributed by atoms with Crippen LogP contribution in [0.25, 0.3) is 0 Å². The van der Waals surface area contributed by atoms with Crippen molar-refractivity contribution in [2.24, 2.45) is 0 Å². The largest absolute Gasteiger partial charge is 0.392 e. The van der Waals surface area contributed by atoms with Gasteiger partial charge in [-0.25, -0.2) is 4.98 Å². The van der Waals surface area contributed by atoms with Gasteiger partial charge in [-0.05, 0) is 26.5 Å². The number of aliphatic hydroxyl groups excluding tert-OH is 1. The summed E-state index contributed by atoms with van der Waals surface area (Å²) in [7, 11) is 2.00. The number of pyridine rings is 1. The summed E-state index contributed by atoms with van der Waals surface area (Å²) in [4.78, 5) is 6.44. The van der Waals surface area contributed by atoms with E-state index in [4.69, 9.17) is 0 Å². The van der Waals surface area contributed by atoms with Crippen molar-refractivity contribution in [1.29, 1.82) is 0 Å². The molecule has 1 aromatic rings. The van der Waals surface area contributed by atoms with Crippen LogP contribution in [0.2, 0.25) is 0 Å². The standard InChI is InChI=1S/C13H23N3O/c1-4-7-14-13-12(6-5-8-15-13)10-16(3)9-11(2)17/h5-6,8,11,17H,4,7,9-10H2,1-3H3,(H,14,15). The van der Waals surface area contributed by atoms with Gasteiger partial charge in [0.2, 0.25) is 0 Å². The van der Waals surface area contributed by atoms with Crippen molar-refractivity contribution in [1.82, 2.24) is 9.88 Å². The molecule has 2 N–H and O–H groups in total. The second-order valence-electron chi connectivity index (χ2n) is 4.48. The van der Waals surface area contributed by atoms with E-state index >= 15 is 0 Å². The van der Waals surface area contributed by atoms with Gasteiger partial charge in [-0.1, -0.05) is 13.0 Å². The molecule has 0 aliphatic heterocycles. The van der Waals surface area contributed by atoms with Crippen LogP contribution >= 0.6 is 0 Å². The van der Waals surface area contributed by atoms with Crippen LogP contribution in [0.3, 0.4) is 0 Å². The van der Waals surface area contributed by atoms with Crippen molar-refractivity contribution in [2.45, 2.75) is 32.9 Å². The first kappa shape index (κ1) is 13.9. The van der Waals surface area contributed by atoms with Gasteiger partial charge in [-0.2, -0.15) is 0 Å². The van der Waals surface area contributed by atoms with Crippen LogP contribution in [-0.2, 0) is 6.54 Å². The molecule has 1 atom stereocenters. The lowest BCUT2D eigenvalue weighted by atomic mass is 10.2. The van der Waals surface area contributed by atoms with Crippen molar-refractivity contribution in [3.63, 3.8) is 0 Å². The van der Waals surface area contributed by atoms with E-state index in [9.17, 15) is 5.11 Å². The number of anilines is 1. The van der Waals surface area contributed by atoms with Gasteiger partial charge in [0, 0.05) is 31.4 Å². The lowest BCUT2D eigenvalue weighted by Crippen LogP contribution is -2.27. The molecule has 0 fully saturated rings. The summed E-state index contributed by atoms with van der Waals surface area (Å²) in [5.74, 6) is 0.951. The summed E-state index contributed by atoms with van der Waals surface area (Å²) in [6.45, 7) is 6.34. The molecule has 0 spiro atoms. The Hall–Kier alpha value is -1.13. The fourth-order valence-electron chi connectivity index (χ4n) is 1.78. The molecular formula is C13H23N3O. The van der Waals surface area contributed by atoms with E-state index in [0.29, 0.717) is 6.54 Å². The molecule has 0 aromatic carbocycles. The van der Waals surface area contributed by atoms with Gasteiger partial charge >= 0.3 is 0 Å². The summed E-state index contributed by atoms with van der Waals surface area (Å²) >= 11 is 0. The Morgan fingerprint density at radius 3 is 2.94 bits per heavy atom. The summed E-state index contributed by atoms with van der Waals surface area (Å²) in [6.07, 6.45) is 2.58. The number of nitrogens with zero attached hydrogens (tertiary/aromatic N) is 2. The highest BCUT2D eigenvalue weighted by Gasteiger charge is 2.07. The SMILES string of the molecule is CCCNc1ncccc1CN(C)CC(C)O. The van der Waals surface area contributed by atoms with Crippen molar-refractivity contribution in [3.05, 3.63) is 23.9 Å². The molecule has 4 heteroatoms. The summed E-state index contributed by atoms with van der Waals surface area (Å²) in [5, 5.41) is 12.7. The van der Waals surface area contributed by atoms with Gasteiger partial charge in [0.05, 0.1) is 6.10 Å². The molecule has 96 valence electrons. The van der Waals surface area contributed by atoms with E-state index in [0.717, 1.165) is 25.3 Å². The van der Waals surface area contributed by atoms with E-state index in [2.05, 4.69) is 28.2 Å². The van der Waals surface area contributed by atoms with Gasteiger partial charge in [0.1, 0.15) is 5.82 Å². The molecule has 0 saturated carbocycles. The third-order valence-electron chi connectivity index (χ3n) is 2.45. The first-order valence-electron chi connectivity index (χ1n) is 6.17. The maximum absolute atomic E-state index is 9.34. The van der Waals surface area contributed by atoms with E-state index < -0.39 is 0 Å². The van der Waals surface area contributed by atoms with Crippen molar-refractivity contribution >= 4 is 5.82 Å². The molecule has 0 amide bonds. The van der Waals surface area contributed by atoms with E-state index in [1.54, 1.807) is 13.1 Å². The molecular weight excluding hydrogens is 214 g/mol. The molecule has 0 aliphatic rings. The van der Waals surface area contributed by atoms with Gasteiger partial charge in [-0.3, -0.25) is 4.90 Å². The molecule has 0 aliphatic carbocycles. The first-order valence-corrected chi connectivity index (χ1v) is 6.17. The predicted molar refractivity (Wildman–Crippen MR) is 71.0 cm³/mol. The quantitative estimate of drug-likeness (QED) is 0.758. The molecule has 1 heterocycles. The minimum absolute atomic E-state index is 0.302. The Kier molecular flexibility index (Phi) is 5.94. The highest BCUT2D eigenvalue weighted by molar-refractivity contribution is 5.43. The first-order chi connectivity index (χ1) is 8.13. The zero-order valence-corrected chi connectivity index (χ0v) is 11.0. The van der Waals surface area contributed by atoms with Crippen LogP contribution < -0.4 is 5.32 Å². The zero-order valence-electron chi connectivity index (χ0n) is 11.0. The minimum Gasteiger partial charge on any atom is -0.392 e. The highest BCUT2D eigenvalue weighted by atomic mass is 16.3. The Balaban J connectivity index is 2.62. The second-order valence-corrected chi connectivity index (χ2v) is 4.48. The van der Waals surface area contributed by atoms with Gasteiger partial charge in [0.25, 0.3) is 0 Å². The molecule has 4 nitrogen and oxygen atoms in total. The van der Waals surface area contributed by atoms with Crippen LogP contribution in [0.5, 0.6) is 0 Å². The Bertz CT molecular complexity index is 328. The number of likely N-dealkylation sites (N-methyl/N-ethyl adjacent to an activating group) is 1. The van der Waals surface area contributed by atoms with Gasteiger partial charge in [-0.15, -0.1) is 0 Å². The van der Waals surface area contributed by atoms with Gasteiger partial charge < -0.3 is 10.4 Å².